The standard InChI is InChI=1S/C16H13N3OS2/c1-9-17-11-7-6-10(8-14(11)21-9)18-16-19-15-12(20-2)4-3-5-13(15)22-16/h3-8H,1-2H3,(H,18,19). The largest absolute Gasteiger partial charge is 0.494 e. The molecule has 0 aliphatic heterocycles. The van der Waals surface area contributed by atoms with Gasteiger partial charge in [0.2, 0.25) is 0 Å². The number of para-hydroxylation sites is 1. The first-order valence-electron chi connectivity index (χ1n) is 6.81. The highest BCUT2D eigenvalue weighted by molar-refractivity contribution is 7.22. The summed E-state index contributed by atoms with van der Waals surface area (Å²) in [7, 11) is 1.67. The number of hydrogen-bond donors (Lipinski definition) is 1. The maximum absolute atomic E-state index is 5.36. The Kier molecular flexibility index (Phi) is 3.20. The van der Waals surface area contributed by atoms with Gasteiger partial charge in [0.25, 0.3) is 0 Å². The van der Waals surface area contributed by atoms with Crippen molar-refractivity contribution in [2.45, 2.75) is 6.92 Å². The summed E-state index contributed by atoms with van der Waals surface area (Å²) in [6, 6.07) is 12.1. The Morgan fingerprint density at radius 1 is 1.05 bits per heavy atom. The van der Waals surface area contributed by atoms with Crippen molar-refractivity contribution in [1.82, 2.24) is 9.97 Å². The summed E-state index contributed by atoms with van der Waals surface area (Å²) in [4.78, 5) is 9.11. The SMILES string of the molecule is COc1cccc2sc(Nc3ccc4nc(C)sc4c3)nc12. The van der Waals surface area contributed by atoms with Gasteiger partial charge in [-0.05, 0) is 37.3 Å². The van der Waals surface area contributed by atoms with Crippen LogP contribution in [0.5, 0.6) is 5.75 Å². The fourth-order valence-electron chi connectivity index (χ4n) is 2.38. The van der Waals surface area contributed by atoms with E-state index in [0.29, 0.717) is 0 Å². The molecule has 4 aromatic rings. The quantitative estimate of drug-likeness (QED) is 0.577. The summed E-state index contributed by atoms with van der Waals surface area (Å²) in [6.45, 7) is 2.03. The van der Waals surface area contributed by atoms with Gasteiger partial charge in [0, 0.05) is 5.69 Å². The minimum atomic E-state index is 0.801. The Labute approximate surface area is 135 Å². The van der Waals surface area contributed by atoms with Gasteiger partial charge >= 0.3 is 0 Å². The molecule has 0 bridgehead atoms. The number of methoxy groups -OCH3 is 1. The number of aromatic nitrogens is 2. The molecule has 0 saturated carbocycles. The summed E-state index contributed by atoms with van der Waals surface area (Å²) in [6.07, 6.45) is 0. The van der Waals surface area contributed by atoms with Crippen LogP contribution in [0.2, 0.25) is 0 Å². The average molecular weight is 327 g/mol. The Bertz CT molecular complexity index is 974. The number of anilines is 2. The molecule has 0 amide bonds. The Morgan fingerprint density at radius 2 is 1.95 bits per heavy atom. The molecule has 0 unspecified atom stereocenters. The highest BCUT2D eigenvalue weighted by atomic mass is 32.1. The fourth-order valence-corrected chi connectivity index (χ4v) is 4.15. The first kappa shape index (κ1) is 13.5. The predicted octanol–water partition coefficient (Wildman–Crippen LogP) is 4.97. The van der Waals surface area contributed by atoms with E-state index in [-0.39, 0.29) is 0 Å². The van der Waals surface area contributed by atoms with Gasteiger partial charge in [-0.1, -0.05) is 17.4 Å². The number of nitrogens with one attached hydrogen (secondary N) is 1. The van der Waals surface area contributed by atoms with Crippen molar-refractivity contribution in [2.75, 3.05) is 12.4 Å². The van der Waals surface area contributed by atoms with Crippen molar-refractivity contribution in [3.8, 4) is 5.75 Å². The van der Waals surface area contributed by atoms with E-state index < -0.39 is 0 Å². The number of ether oxygens (including phenoxy) is 1. The van der Waals surface area contributed by atoms with Crippen molar-refractivity contribution in [3.05, 3.63) is 41.4 Å². The van der Waals surface area contributed by atoms with Crippen molar-refractivity contribution < 1.29 is 4.74 Å². The Hall–Kier alpha value is -2.18. The smallest absolute Gasteiger partial charge is 0.188 e. The van der Waals surface area contributed by atoms with Crippen molar-refractivity contribution in [1.29, 1.82) is 0 Å². The lowest BCUT2D eigenvalue weighted by Crippen LogP contribution is -1.89. The van der Waals surface area contributed by atoms with Crippen LogP contribution in [0.3, 0.4) is 0 Å². The lowest BCUT2D eigenvalue weighted by molar-refractivity contribution is 0.419. The number of hydrogen-bond acceptors (Lipinski definition) is 6. The number of aryl methyl sites for hydroxylation is 1. The molecule has 2 heterocycles. The third-order valence-electron chi connectivity index (χ3n) is 3.35. The van der Waals surface area contributed by atoms with Crippen LogP contribution >= 0.6 is 22.7 Å². The number of thiazole rings is 2. The van der Waals surface area contributed by atoms with Crippen LogP contribution in [0.4, 0.5) is 10.8 Å². The van der Waals surface area contributed by atoms with E-state index in [0.717, 1.165) is 37.3 Å². The first-order valence-corrected chi connectivity index (χ1v) is 8.44. The van der Waals surface area contributed by atoms with Crippen molar-refractivity contribution >= 4 is 53.9 Å². The van der Waals surface area contributed by atoms with E-state index in [1.165, 1.54) is 4.70 Å². The van der Waals surface area contributed by atoms with Gasteiger partial charge in [-0.25, -0.2) is 9.97 Å². The van der Waals surface area contributed by atoms with Crippen LogP contribution in [-0.4, -0.2) is 17.1 Å². The molecule has 22 heavy (non-hydrogen) atoms. The number of nitrogens with zero attached hydrogens (tertiary/aromatic N) is 2. The molecule has 2 aromatic heterocycles. The highest BCUT2D eigenvalue weighted by Gasteiger charge is 2.09. The predicted molar refractivity (Wildman–Crippen MR) is 93.8 cm³/mol. The molecule has 0 saturated heterocycles. The average Bonchev–Trinajstić information content (AvgIpc) is 3.08. The fraction of sp³-hybridized carbons (Fsp3) is 0.125. The molecule has 0 aliphatic rings. The van der Waals surface area contributed by atoms with Gasteiger partial charge in [-0.15, -0.1) is 11.3 Å². The zero-order valence-corrected chi connectivity index (χ0v) is 13.7. The summed E-state index contributed by atoms with van der Waals surface area (Å²) in [5.41, 5.74) is 2.96. The third-order valence-corrected chi connectivity index (χ3v) is 5.22. The monoisotopic (exact) mass is 327 g/mol. The van der Waals surface area contributed by atoms with Crippen LogP contribution in [0.25, 0.3) is 20.4 Å². The van der Waals surface area contributed by atoms with Crippen LogP contribution in [0, 0.1) is 6.92 Å². The highest BCUT2D eigenvalue weighted by Crippen LogP contribution is 2.34. The van der Waals surface area contributed by atoms with Crippen LogP contribution in [0.15, 0.2) is 36.4 Å². The molecule has 110 valence electrons. The van der Waals surface area contributed by atoms with Gasteiger partial charge in [-0.2, -0.15) is 0 Å². The Morgan fingerprint density at radius 3 is 2.82 bits per heavy atom. The van der Waals surface area contributed by atoms with Crippen molar-refractivity contribution in [2.24, 2.45) is 0 Å². The van der Waals surface area contributed by atoms with E-state index in [2.05, 4.69) is 27.4 Å². The zero-order valence-electron chi connectivity index (χ0n) is 12.1. The zero-order chi connectivity index (χ0) is 15.1. The van der Waals surface area contributed by atoms with Gasteiger partial charge in [0.05, 0.1) is 27.0 Å². The second-order valence-corrected chi connectivity index (χ2v) is 7.13. The van der Waals surface area contributed by atoms with E-state index in [4.69, 9.17) is 4.74 Å². The molecule has 4 nitrogen and oxygen atoms in total. The molecule has 0 aliphatic carbocycles. The molecule has 0 spiro atoms. The van der Waals surface area contributed by atoms with Crippen molar-refractivity contribution in [3.63, 3.8) is 0 Å². The van der Waals surface area contributed by atoms with Crippen LogP contribution in [-0.2, 0) is 0 Å². The van der Waals surface area contributed by atoms with Gasteiger partial charge < -0.3 is 10.1 Å². The molecule has 2 aromatic carbocycles. The second kappa shape index (κ2) is 5.23. The van der Waals surface area contributed by atoms with Gasteiger partial charge in [-0.3, -0.25) is 0 Å². The number of benzene rings is 2. The molecule has 1 N–H and O–H groups in total. The molecule has 4 rings (SSSR count). The van der Waals surface area contributed by atoms with Crippen LogP contribution in [0.1, 0.15) is 5.01 Å². The second-order valence-electron chi connectivity index (χ2n) is 4.87. The Balaban J connectivity index is 1.72. The molecule has 0 radical (unpaired) electrons. The summed E-state index contributed by atoms with van der Waals surface area (Å²) >= 11 is 3.32. The first-order chi connectivity index (χ1) is 10.7. The summed E-state index contributed by atoms with van der Waals surface area (Å²) < 4.78 is 7.65. The minimum absolute atomic E-state index is 0.801. The topological polar surface area (TPSA) is 47.0 Å². The lowest BCUT2D eigenvalue weighted by Gasteiger charge is -2.01. The van der Waals surface area contributed by atoms with E-state index >= 15 is 0 Å². The van der Waals surface area contributed by atoms with E-state index in [9.17, 15) is 0 Å². The number of rotatable bonds is 3. The molecular weight excluding hydrogens is 314 g/mol. The minimum Gasteiger partial charge on any atom is -0.494 e. The normalized spacial score (nSPS) is 11.2. The maximum atomic E-state index is 5.36. The molecule has 6 heteroatoms. The van der Waals surface area contributed by atoms with Gasteiger partial charge in [0.15, 0.2) is 5.13 Å². The van der Waals surface area contributed by atoms with Crippen LogP contribution < -0.4 is 10.1 Å². The van der Waals surface area contributed by atoms with E-state index in [1.807, 2.05) is 31.2 Å². The summed E-state index contributed by atoms with van der Waals surface area (Å²) in [5, 5.41) is 5.32. The maximum Gasteiger partial charge on any atom is 0.188 e. The molecule has 0 fully saturated rings. The molecular formula is C16H13N3OS2. The number of fused-ring (bicyclic) bond motifs is 2. The third kappa shape index (κ3) is 2.30. The van der Waals surface area contributed by atoms with E-state index in [1.54, 1.807) is 29.8 Å². The lowest BCUT2D eigenvalue weighted by atomic mass is 10.3. The van der Waals surface area contributed by atoms with Gasteiger partial charge in [0.1, 0.15) is 11.3 Å². The molecule has 0 atom stereocenters. The summed E-state index contributed by atoms with van der Waals surface area (Å²) in [5.74, 6) is 0.801.